The van der Waals surface area contributed by atoms with Crippen LogP contribution in [0.5, 0.6) is 0 Å². The summed E-state index contributed by atoms with van der Waals surface area (Å²) in [6.07, 6.45) is 1.22. The maximum Gasteiger partial charge on any atom is 0.273 e. The molecule has 0 saturated carbocycles. The Labute approximate surface area is 115 Å². The molecule has 0 aliphatic carbocycles. The highest BCUT2D eigenvalue weighted by Gasteiger charge is 2.31. The summed E-state index contributed by atoms with van der Waals surface area (Å²) < 4.78 is 13.3. The first-order chi connectivity index (χ1) is 9.28. The largest absolute Gasteiger partial charge is 0.388 e. The molecule has 1 saturated heterocycles. The van der Waals surface area contributed by atoms with Gasteiger partial charge in [0, 0.05) is 24.7 Å². The first-order valence-corrected chi connectivity index (χ1v) is 6.25. The lowest BCUT2D eigenvalue weighted by Crippen LogP contribution is -2.48. The number of nitrogens with zero attached hydrogens (tertiary/aromatic N) is 2. The van der Waals surface area contributed by atoms with Crippen molar-refractivity contribution in [2.24, 2.45) is 0 Å². The number of likely N-dealkylation sites (tertiary alicyclic amines) is 1. The number of halogens is 1. The third kappa shape index (κ3) is 3.11. The second-order valence-corrected chi connectivity index (χ2v) is 5.28. The minimum Gasteiger partial charge on any atom is -0.388 e. The number of amides is 1. The lowest BCUT2D eigenvalue weighted by Gasteiger charge is -2.36. The summed E-state index contributed by atoms with van der Waals surface area (Å²) >= 11 is 0. The van der Waals surface area contributed by atoms with Crippen LogP contribution in [0.4, 0.5) is 10.1 Å². The molecule has 0 radical (unpaired) electrons. The average molecular weight is 282 g/mol. The van der Waals surface area contributed by atoms with Crippen molar-refractivity contribution in [3.63, 3.8) is 0 Å². The Morgan fingerprint density at radius 1 is 1.50 bits per heavy atom. The molecule has 1 atom stereocenters. The smallest absolute Gasteiger partial charge is 0.273 e. The SMILES string of the molecule is CC1(O)CCCN(C(=O)c2cc(F)cc([N+](=O)[O-])c2)C1. The van der Waals surface area contributed by atoms with Gasteiger partial charge < -0.3 is 10.0 Å². The van der Waals surface area contributed by atoms with E-state index in [9.17, 15) is 24.4 Å². The Hall–Kier alpha value is -2.02. The molecular formula is C13H15FN2O4. The van der Waals surface area contributed by atoms with Crippen molar-refractivity contribution < 1.29 is 19.2 Å². The molecule has 0 aromatic heterocycles. The number of carbonyl (C=O) groups is 1. The van der Waals surface area contributed by atoms with Crippen LogP contribution in [0.25, 0.3) is 0 Å². The van der Waals surface area contributed by atoms with Gasteiger partial charge in [0.25, 0.3) is 11.6 Å². The van der Waals surface area contributed by atoms with Crippen molar-refractivity contribution in [1.82, 2.24) is 4.90 Å². The van der Waals surface area contributed by atoms with Crippen LogP contribution in [-0.2, 0) is 0 Å². The van der Waals surface area contributed by atoms with E-state index in [-0.39, 0.29) is 12.1 Å². The van der Waals surface area contributed by atoms with Gasteiger partial charge in [0.15, 0.2) is 0 Å². The molecule has 1 N–H and O–H groups in total. The molecule has 0 bridgehead atoms. The number of nitro groups is 1. The van der Waals surface area contributed by atoms with Gasteiger partial charge in [-0.3, -0.25) is 14.9 Å². The lowest BCUT2D eigenvalue weighted by molar-refractivity contribution is -0.385. The fraction of sp³-hybridized carbons (Fsp3) is 0.462. The molecule has 0 spiro atoms. The molecule has 1 fully saturated rings. The molecule has 20 heavy (non-hydrogen) atoms. The summed E-state index contributed by atoms with van der Waals surface area (Å²) in [5, 5.41) is 20.6. The van der Waals surface area contributed by atoms with E-state index in [0.29, 0.717) is 19.4 Å². The number of hydrogen-bond donors (Lipinski definition) is 1. The van der Waals surface area contributed by atoms with Crippen LogP contribution in [0.1, 0.15) is 30.1 Å². The number of aliphatic hydroxyl groups is 1. The van der Waals surface area contributed by atoms with E-state index in [1.54, 1.807) is 6.92 Å². The minimum atomic E-state index is -0.979. The second kappa shape index (κ2) is 5.16. The molecular weight excluding hydrogens is 267 g/mol. The fourth-order valence-electron chi connectivity index (χ4n) is 2.38. The Kier molecular flexibility index (Phi) is 3.71. The van der Waals surface area contributed by atoms with E-state index in [0.717, 1.165) is 18.2 Å². The van der Waals surface area contributed by atoms with Crippen molar-refractivity contribution in [3.8, 4) is 0 Å². The summed E-state index contributed by atoms with van der Waals surface area (Å²) in [4.78, 5) is 23.6. The molecule has 1 amide bonds. The third-order valence-electron chi connectivity index (χ3n) is 3.30. The Bertz CT molecular complexity index is 559. The van der Waals surface area contributed by atoms with Gasteiger partial charge in [-0.05, 0) is 25.8 Å². The Morgan fingerprint density at radius 3 is 2.80 bits per heavy atom. The number of β-amino-alcohol motifs (C(OH)–C–C–N with tert-alkyl or cyclic N) is 1. The number of nitro benzene ring substituents is 1. The molecule has 7 heteroatoms. The molecule has 6 nitrogen and oxygen atoms in total. The average Bonchev–Trinajstić information content (AvgIpc) is 2.35. The summed E-state index contributed by atoms with van der Waals surface area (Å²) in [5.74, 6) is -1.33. The van der Waals surface area contributed by atoms with Gasteiger partial charge in [0.05, 0.1) is 16.6 Å². The standard InChI is InChI=1S/C13H15FN2O4/c1-13(18)3-2-4-15(8-13)12(17)9-5-10(14)7-11(6-9)16(19)20/h5-7,18H,2-4,8H2,1H3. The monoisotopic (exact) mass is 282 g/mol. The van der Waals surface area contributed by atoms with Crippen LogP contribution in [0.15, 0.2) is 18.2 Å². The Balaban J connectivity index is 2.27. The van der Waals surface area contributed by atoms with Gasteiger partial charge in [-0.25, -0.2) is 4.39 Å². The van der Waals surface area contributed by atoms with Crippen molar-refractivity contribution >= 4 is 11.6 Å². The zero-order valence-corrected chi connectivity index (χ0v) is 11.0. The van der Waals surface area contributed by atoms with E-state index in [1.165, 1.54) is 4.90 Å². The lowest BCUT2D eigenvalue weighted by atomic mass is 9.94. The first kappa shape index (κ1) is 14.4. The summed E-state index contributed by atoms with van der Waals surface area (Å²) in [6, 6.07) is 2.79. The fourth-order valence-corrected chi connectivity index (χ4v) is 2.38. The number of hydrogen-bond acceptors (Lipinski definition) is 4. The van der Waals surface area contributed by atoms with E-state index in [4.69, 9.17) is 0 Å². The molecule has 1 unspecified atom stereocenters. The summed E-state index contributed by atoms with van der Waals surface area (Å²) in [5.41, 5.74) is -1.51. The van der Waals surface area contributed by atoms with Crippen molar-refractivity contribution in [2.75, 3.05) is 13.1 Å². The highest BCUT2D eigenvalue weighted by Crippen LogP contribution is 2.23. The van der Waals surface area contributed by atoms with Gasteiger partial charge in [-0.15, -0.1) is 0 Å². The zero-order valence-electron chi connectivity index (χ0n) is 11.0. The maximum absolute atomic E-state index is 13.3. The van der Waals surface area contributed by atoms with Crippen LogP contribution in [0, 0.1) is 15.9 Å². The van der Waals surface area contributed by atoms with Crippen LogP contribution < -0.4 is 0 Å². The van der Waals surface area contributed by atoms with Gasteiger partial charge in [-0.2, -0.15) is 0 Å². The van der Waals surface area contributed by atoms with Gasteiger partial charge >= 0.3 is 0 Å². The van der Waals surface area contributed by atoms with Crippen LogP contribution in [0.2, 0.25) is 0 Å². The molecule has 1 heterocycles. The number of benzene rings is 1. The van der Waals surface area contributed by atoms with Crippen LogP contribution in [-0.4, -0.2) is 39.5 Å². The van der Waals surface area contributed by atoms with Crippen molar-refractivity contribution in [2.45, 2.75) is 25.4 Å². The molecule has 1 aliphatic rings. The maximum atomic E-state index is 13.3. The number of piperidine rings is 1. The highest BCUT2D eigenvalue weighted by molar-refractivity contribution is 5.95. The number of carbonyl (C=O) groups excluding carboxylic acids is 1. The zero-order chi connectivity index (χ0) is 14.9. The second-order valence-electron chi connectivity index (χ2n) is 5.28. The van der Waals surface area contributed by atoms with Crippen LogP contribution >= 0.6 is 0 Å². The van der Waals surface area contributed by atoms with Crippen molar-refractivity contribution in [3.05, 3.63) is 39.7 Å². The number of non-ortho nitro benzene ring substituents is 1. The first-order valence-electron chi connectivity index (χ1n) is 6.25. The van der Waals surface area contributed by atoms with E-state index < -0.39 is 27.9 Å². The molecule has 108 valence electrons. The summed E-state index contributed by atoms with van der Waals surface area (Å²) in [7, 11) is 0. The van der Waals surface area contributed by atoms with E-state index in [1.807, 2.05) is 0 Å². The topological polar surface area (TPSA) is 83.7 Å². The quantitative estimate of drug-likeness (QED) is 0.661. The molecule has 2 rings (SSSR count). The molecule has 1 aliphatic heterocycles. The molecule has 1 aromatic rings. The van der Waals surface area contributed by atoms with Gasteiger partial charge in [0.2, 0.25) is 0 Å². The predicted octanol–water partition coefficient (Wildman–Crippen LogP) is 1.72. The van der Waals surface area contributed by atoms with Gasteiger partial charge in [-0.1, -0.05) is 0 Å². The van der Waals surface area contributed by atoms with Crippen LogP contribution in [0.3, 0.4) is 0 Å². The predicted molar refractivity (Wildman–Crippen MR) is 68.8 cm³/mol. The number of rotatable bonds is 2. The molecule has 1 aromatic carbocycles. The summed E-state index contributed by atoms with van der Waals surface area (Å²) in [6.45, 7) is 2.20. The van der Waals surface area contributed by atoms with E-state index >= 15 is 0 Å². The minimum absolute atomic E-state index is 0.0746. The van der Waals surface area contributed by atoms with Crippen molar-refractivity contribution in [1.29, 1.82) is 0 Å². The van der Waals surface area contributed by atoms with Gasteiger partial charge in [0.1, 0.15) is 5.82 Å². The normalized spacial score (nSPS) is 22.6. The Morgan fingerprint density at radius 2 is 2.20 bits per heavy atom. The highest BCUT2D eigenvalue weighted by atomic mass is 19.1. The van der Waals surface area contributed by atoms with E-state index in [2.05, 4.69) is 0 Å². The third-order valence-corrected chi connectivity index (χ3v) is 3.30.